The molecule has 1 saturated carbocycles. The summed E-state index contributed by atoms with van der Waals surface area (Å²) < 4.78 is 5.56. The maximum Gasteiger partial charge on any atom is 0.261 e. The first-order valence-electron chi connectivity index (χ1n) is 6.64. The molecular formula is C14H19Cl3N2O2. The molecule has 4 nitrogen and oxygen atoms in total. The zero-order chi connectivity index (χ0) is 14.7. The van der Waals surface area contributed by atoms with Gasteiger partial charge in [-0.1, -0.05) is 29.3 Å². The van der Waals surface area contributed by atoms with Crippen molar-refractivity contribution in [3.63, 3.8) is 0 Å². The van der Waals surface area contributed by atoms with E-state index in [1.807, 2.05) is 0 Å². The summed E-state index contributed by atoms with van der Waals surface area (Å²) in [5.41, 5.74) is 5.66. The smallest absolute Gasteiger partial charge is 0.261 e. The Hall–Kier alpha value is -0.680. The van der Waals surface area contributed by atoms with Crippen LogP contribution in [0, 0.1) is 5.92 Å². The third-order valence-corrected chi connectivity index (χ3v) is 4.16. The van der Waals surface area contributed by atoms with Crippen LogP contribution in [0.15, 0.2) is 18.2 Å². The summed E-state index contributed by atoms with van der Waals surface area (Å²) >= 11 is 11.9. The molecule has 3 N–H and O–H groups in total. The fourth-order valence-corrected chi connectivity index (χ4v) is 2.32. The second-order valence-electron chi connectivity index (χ2n) is 5.00. The molecule has 2 rings (SSSR count). The van der Waals surface area contributed by atoms with Gasteiger partial charge < -0.3 is 15.8 Å². The van der Waals surface area contributed by atoms with Crippen molar-refractivity contribution in [2.45, 2.75) is 31.9 Å². The molecule has 1 aromatic rings. The fraction of sp³-hybridized carbons (Fsp3) is 0.500. The third-order valence-electron chi connectivity index (χ3n) is 3.36. The van der Waals surface area contributed by atoms with Gasteiger partial charge in [-0.25, -0.2) is 0 Å². The second-order valence-corrected chi connectivity index (χ2v) is 5.79. The molecule has 1 fully saturated rings. The van der Waals surface area contributed by atoms with E-state index in [4.69, 9.17) is 33.7 Å². The molecule has 0 heterocycles. The molecule has 0 aromatic heterocycles. The summed E-state index contributed by atoms with van der Waals surface area (Å²) in [5.74, 6) is 0.715. The Labute approximate surface area is 140 Å². The van der Waals surface area contributed by atoms with E-state index >= 15 is 0 Å². The normalized spacial score (nSPS) is 16.6. The van der Waals surface area contributed by atoms with Gasteiger partial charge in [0.2, 0.25) is 0 Å². The highest BCUT2D eigenvalue weighted by molar-refractivity contribution is 6.42. The highest BCUT2D eigenvalue weighted by atomic mass is 35.5. The largest absolute Gasteiger partial charge is 0.479 e. The van der Waals surface area contributed by atoms with E-state index in [2.05, 4.69) is 5.32 Å². The average Bonchev–Trinajstić information content (AvgIpc) is 3.25. The van der Waals surface area contributed by atoms with Crippen LogP contribution in [-0.4, -0.2) is 24.6 Å². The molecule has 0 spiro atoms. The fourth-order valence-electron chi connectivity index (χ4n) is 1.99. The Morgan fingerprint density at radius 3 is 2.71 bits per heavy atom. The first-order chi connectivity index (χ1) is 9.52. The summed E-state index contributed by atoms with van der Waals surface area (Å²) in [4.78, 5) is 12.1. The average molecular weight is 354 g/mol. The zero-order valence-corrected chi connectivity index (χ0v) is 14.0. The quantitative estimate of drug-likeness (QED) is 0.826. The van der Waals surface area contributed by atoms with E-state index in [9.17, 15) is 4.79 Å². The Balaban J connectivity index is 0.00000220. The Kier molecular flexibility index (Phi) is 7.07. The van der Waals surface area contributed by atoms with E-state index in [1.54, 1.807) is 25.1 Å². The van der Waals surface area contributed by atoms with Crippen LogP contribution in [0.4, 0.5) is 0 Å². The summed E-state index contributed by atoms with van der Waals surface area (Å²) in [6.07, 6.45) is 1.59. The lowest BCUT2D eigenvalue weighted by molar-refractivity contribution is -0.128. The minimum Gasteiger partial charge on any atom is -0.479 e. The van der Waals surface area contributed by atoms with Crippen molar-refractivity contribution in [1.29, 1.82) is 0 Å². The van der Waals surface area contributed by atoms with Crippen molar-refractivity contribution in [1.82, 2.24) is 5.32 Å². The maximum absolute atomic E-state index is 12.1. The first kappa shape index (κ1) is 18.4. The number of nitrogens with one attached hydrogen (secondary N) is 1. The second kappa shape index (κ2) is 8.08. The van der Waals surface area contributed by atoms with Crippen LogP contribution in [0.25, 0.3) is 0 Å². The van der Waals surface area contributed by atoms with Crippen molar-refractivity contribution in [3.8, 4) is 5.75 Å². The predicted molar refractivity (Wildman–Crippen MR) is 87.5 cm³/mol. The molecule has 118 valence electrons. The molecule has 0 aliphatic heterocycles. The molecular weight excluding hydrogens is 335 g/mol. The lowest BCUT2D eigenvalue weighted by atomic mass is 10.2. The lowest BCUT2D eigenvalue weighted by Crippen LogP contribution is -2.46. The molecule has 1 aromatic carbocycles. The minimum atomic E-state index is -0.654. The molecule has 1 aliphatic rings. The van der Waals surface area contributed by atoms with Gasteiger partial charge in [-0.05, 0) is 37.8 Å². The Morgan fingerprint density at radius 2 is 2.14 bits per heavy atom. The van der Waals surface area contributed by atoms with Crippen LogP contribution in [0.1, 0.15) is 19.8 Å². The number of nitrogens with two attached hydrogens (primary N) is 1. The molecule has 1 aliphatic carbocycles. The van der Waals surface area contributed by atoms with Crippen LogP contribution in [0.2, 0.25) is 10.0 Å². The van der Waals surface area contributed by atoms with Crippen LogP contribution in [-0.2, 0) is 4.79 Å². The minimum absolute atomic E-state index is 0. The number of ether oxygens (including phenoxy) is 1. The van der Waals surface area contributed by atoms with Crippen LogP contribution in [0.3, 0.4) is 0 Å². The van der Waals surface area contributed by atoms with Crippen molar-refractivity contribution in [3.05, 3.63) is 28.2 Å². The Bertz CT molecular complexity index is 495. The summed E-state index contributed by atoms with van der Waals surface area (Å²) in [5, 5.41) is 3.63. The van der Waals surface area contributed by atoms with E-state index in [-0.39, 0.29) is 24.4 Å². The van der Waals surface area contributed by atoms with E-state index in [1.165, 1.54) is 0 Å². The van der Waals surface area contributed by atoms with Crippen LogP contribution in [0.5, 0.6) is 5.75 Å². The summed E-state index contributed by atoms with van der Waals surface area (Å²) in [6.45, 7) is 2.12. The molecule has 1 amide bonds. The van der Waals surface area contributed by atoms with Gasteiger partial charge in [0.25, 0.3) is 5.91 Å². The lowest BCUT2D eigenvalue weighted by Gasteiger charge is -2.20. The molecule has 0 bridgehead atoms. The Morgan fingerprint density at radius 1 is 1.48 bits per heavy atom. The van der Waals surface area contributed by atoms with Crippen molar-refractivity contribution in [2.75, 3.05) is 6.54 Å². The number of amides is 1. The van der Waals surface area contributed by atoms with Crippen molar-refractivity contribution < 1.29 is 9.53 Å². The van der Waals surface area contributed by atoms with Crippen molar-refractivity contribution >= 4 is 41.5 Å². The van der Waals surface area contributed by atoms with Gasteiger partial charge in [0.05, 0.1) is 5.02 Å². The van der Waals surface area contributed by atoms with Gasteiger partial charge in [-0.15, -0.1) is 12.4 Å². The number of benzene rings is 1. The number of carbonyl (C=O) groups is 1. The highest BCUT2D eigenvalue weighted by Crippen LogP contribution is 2.33. The number of hydrogen-bond donors (Lipinski definition) is 2. The number of hydrogen-bond acceptors (Lipinski definition) is 3. The zero-order valence-electron chi connectivity index (χ0n) is 11.6. The summed E-state index contributed by atoms with van der Waals surface area (Å²) in [6, 6.07) is 5.10. The molecule has 0 radical (unpaired) electrons. The van der Waals surface area contributed by atoms with E-state index in [0.29, 0.717) is 28.3 Å². The predicted octanol–water partition coefficient (Wildman–Crippen LogP) is 3.04. The van der Waals surface area contributed by atoms with E-state index < -0.39 is 6.10 Å². The molecule has 0 saturated heterocycles. The molecule has 2 atom stereocenters. The number of halogens is 3. The van der Waals surface area contributed by atoms with E-state index in [0.717, 1.165) is 12.8 Å². The highest BCUT2D eigenvalue weighted by Gasteiger charge is 2.32. The first-order valence-corrected chi connectivity index (χ1v) is 7.39. The van der Waals surface area contributed by atoms with Gasteiger partial charge in [0.15, 0.2) is 6.10 Å². The van der Waals surface area contributed by atoms with Crippen LogP contribution < -0.4 is 15.8 Å². The maximum atomic E-state index is 12.1. The molecule has 2 unspecified atom stereocenters. The molecule has 7 heteroatoms. The standard InChI is InChI=1S/C14H18Cl2N2O2.ClH/c1-8(14(19)18-11(7-17)9-5-6-9)20-12-4-2-3-10(15)13(12)16;/h2-4,8-9,11H,5-7,17H2,1H3,(H,18,19);1H. The number of carbonyl (C=O) groups excluding carboxylic acids is 1. The number of rotatable bonds is 6. The third kappa shape index (κ3) is 4.92. The van der Waals surface area contributed by atoms with Gasteiger partial charge in [-0.2, -0.15) is 0 Å². The summed E-state index contributed by atoms with van der Waals surface area (Å²) in [7, 11) is 0. The van der Waals surface area contributed by atoms with Crippen molar-refractivity contribution in [2.24, 2.45) is 11.7 Å². The molecule has 21 heavy (non-hydrogen) atoms. The van der Waals surface area contributed by atoms with Gasteiger partial charge in [0.1, 0.15) is 10.8 Å². The van der Waals surface area contributed by atoms with Gasteiger partial charge in [-0.3, -0.25) is 4.79 Å². The topological polar surface area (TPSA) is 64.3 Å². The monoisotopic (exact) mass is 352 g/mol. The van der Waals surface area contributed by atoms with Gasteiger partial charge in [0, 0.05) is 12.6 Å². The SMILES string of the molecule is CC(Oc1cccc(Cl)c1Cl)C(=O)NC(CN)C1CC1.Cl. The van der Waals surface area contributed by atoms with Crippen LogP contribution >= 0.6 is 35.6 Å². The van der Waals surface area contributed by atoms with Gasteiger partial charge >= 0.3 is 0 Å².